The summed E-state index contributed by atoms with van der Waals surface area (Å²) in [7, 11) is -0.424. The molecule has 0 unspecified atom stereocenters. The van der Waals surface area contributed by atoms with Gasteiger partial charge in [-0.3, -0.25) is 0 Å². The largest absolute Gasteiger partial charge is 0.424 e. The monoisotopic (exact) mass is 256 g/mol. The molecule has 0 fully saturated rings. The van der Waals surface area contributed by atoms with Crippen LogP contribution in [0.1, 0.15) is 24.0 Å². The Bertz CT molecular complexity index is 402. The minimum Gasteiger partial charge on any atom is -0.424 e. The standard InChI is InChI=1S/C16H20OSi/c1-2-17-18-13-16(14-9-5-3-6-10-14)15-11-7-4-8-12-15/h3-12,16H,2,13,18H2,1H3. The van der Waals surface area contributed by atoms with Crippen molar-refractivity contribution in [3.05, 3.63) is 71.8 Å². The summed E-state index contributed by atoms with van der Waals surface area (Å²) in [5.74, 6) is 0.491. The van der Waals surface area contributed by atoms with Gasteiger partial charge in [0.2, 0.25) is 0 Å². The summed E-state index contributed by atoms with van der Waals surface area (Å²) < 4.78 is 5.65. The molecule has 0 heterocycles. The maximum absolute atomic E-state index is 5.65. The second-order valence-electron chi connectivity index (χ2n) is 4.36. The van der Waals surface area contributed by atoms with Gasteiger partial charge in [0.1, 0.15) is 0 Å². The van der Waals surface area contributed by atoms with Crippen LogP contribution in [-0.4, -0.2) is 16.4 Å². The SMILES string of the molecule is CCO[SiH2]CC(c1ccccc1)c1ccccc1. The Kier molecular flexibility index (Phi) is 5.18. The fourth-order valence-corrected chi connectivity index (χ4v) is 3.60. The minimum atomic E-state index is -0.424. The first kappa shape index (κ1) is 13.1. The van der Waals surface area contributed by atoms with Gasteiger partial charge in [-0.2, -0.15) is 0 Å². The summed E-state index contributed by atoms with van der Waals surface area (Å²) in [6, 6.07) is 22.7. The second kappa shape index (κ2) is 7.14. The first-order valence-electron chi connectivity index (χ1n) is 6.59. The zero-order valence-corrected chi connectivity index (χ0v) is 12.3. The summed E-state index contributed by atoms with van der Waals surface area (Å²) >= 11 is 0. The highest BCUT2D eigenvalue weighted by molar-refractivity contribution is 6.27. The smallest absolute Gasteiger partial charge is 0.162 e. The van der Waals surface area contributed by atoms with Crippen molar-refractivity contribution >= 4 is 9.76 Å². The van der Waals surface area contributed by atoms with Gasteiger partial charge in [0.25, 0.3) is 0 Å². The van der Waals surface area contributed by atoms with Gasteiger partial charge in [0.05, 0.1) is 0 Å². The van der Waals surface area contributed by atoms with Gasteiger partial charge in [-0.15, -0.1) is 0 Å². The van der Waals surface area contributed by atoms with Crippen LogP contribution in [0.3, 0.4) is 0 Å². The molecule has 2 aromatic rings. The van der Waals surface area contributed by atoms with Crippen LogP contribution in [0.4, 0.5) is 0 Å². The van der Waals surface area contributed by atoms with E-state index in [9.17, 15) is 0 Å². The summed E-state index contributed by atoms with van der Waals surface area (Å²) in [6.07, 6.45) is 0. The van der Waals surface area contributed by atoms with Crippen molar-refractivity contribution in [2.75, 3.05) is 6.61 Å². The van der Waals surface area contributed by atoms with Crippen molar-refractivity contribution in [1.82, 2.24) is 0 Å². The average Bonchev–Trinajstić information content (AvgIpc) is 2.46. The van der Waals surface area contributed by atoms with Crippen LogP contribution in [0.15, 0.2) is 60.7 Å². The first-order valence-corrected chi connectivity index (χ1v) is 8.17. The molecule has 2 aromatic carbocycles. The molecular weight excluding hydrogens is 236 g/mol. The maximum atomic E-state index is 5.65. The topological polar surface area (TPSA) is 9.23 Å². The Morgan fingerprint density at radius 2 is 1.39 bits per heavy atom. The number of hydrogen-bond acceptors (Lipinski definition) is 1. The Balaban J connectivity index is 2.18. The van der Waals surface area contributed by atoms with Crippen molar-refractivity contribution in [3.63, 3.8) is 0 Å². The molecule has 0 spiro atoms. The van der Waals surface area contributed by atoms with Gasteiger partial charge >= 0.3 is 0 Å². The van der Waals surface area contributed by atoms with Crippen molar-refractivity contribution < 1.29 is 4.43 Å². The van der Waals surface area contributed by atoms with E-state index in [1.165, 1.54) is 17.2 Å². The molecule has 1 nitrogen and oxygen atoms in total. The Hall–Kier alpha value is -1.38. The molecule has 0 saturated carbocycles. The van der Waals surface area contributed by atoms with Crippen molar-refractivity contribution in [1.29, 1.82) is 0 Å². The molecule has 0 aliphatic carbocycles. The minimum absolute atomic E-state index is 0.424. The highest BCUT2D eigenvalue weighted by Gasteiger charge is 2.13. The lowest BCUT2D eigenvalue weighted by molar-refractivity contribution is 0.358. The number of rotatable bonds is 6. The molecule has 2 rings (SSSR count). The lowest BCUT2D eigenvalue weighted by Gasteiger charge is -2.17. The van der Waals surface area contributed by atoms with E-state index in [0.717, 1.165) is 6.61 Å². The maximum Gasteiger partial charge on any atom is 0.162 e. The summed E-state index contributed by atoms with van der Waals surface area (Å²) in [4.78, 5) is 0. The van der Waals surface area contributed by atoms with Gasteiger partial charge in [-0.1, -0.05) is 60.7 Å². The predicted octanol–water partition coefficient (Wildman–Crippen LogP) is 3.36. The predicted molar refractivity (Wildman–Crippen MR) is 79.7 cm³/mol. The van der Waals surface area contributed by atoms with Crippen molar-refractivity contribution in [3.8, 4) is 0 Å². The van der Waals surface area contributed by atoms with Crippen molar-refractivity contribution in [2.24, 2.45) is 0 Å². The third kappa shape index (κ3) is 3.55. The van der Waals surface area contributed by atoms with Gasteiger partial charge in [0, 0.05) is 12.5 Å². The Labute approximate surface area is 112 Å². The fourth-order valence-electron chi connectivity index (χ4n) is 2.24. The molecule has 0 aromatic heterocycles. The average molecular weight is 256 g/mol. The Morgan fingerprint density at radius 1 is 0.889 bits per heavy atom. The molecule has 0 N–H and O–H groups in total. The summed E-state index contributed by atoms with van der Waals surface area (Å²) in [5, 5.41) is 0. The molecule has 0 bridgehead atoms. The summed E-state index contributed by atoms with van der Waals surface area (Å²) in [6.45, 7) is 2.93. The molecule has 94 valence electrons. The van der Waals surface area contributed by atoms with E-state index in [-0.39, 0.29) is 0 Å². The van der Waals surface area contributed by atoms with Crippen LogP contribution in [0.2, 0.25) is 6.04 Å². The van der Waals surface area contributed by atoms with E-state index in [4.69, 9.17) is 4.43 Å². The molecule has 0 amide bonds. The van der Waals surface area contributed by atoms with E-state index in [0.29, 0.717) is 5.92 Å². The molecule has 0 aliphatic rings. The van der Waals surface area contributed by atoms with Crippen LogP contribution < -0.4 is 0 Å². The third-order valence-electron chi connectivity index (χ3n) is 3.16. The first-order chi connectivity index (χ1) is 8.92. The van der Waals surface area contributed by atoms with Crippen LogP contribution in [0.5, 0.6) is 0 Å². The lowest BCUT2D eigenvalue weighted by Crippen LogP contribution is -2.07. The molecular formula is C16H20OSi. The molecule has 18 heavy (non-hydrogen) atoms. The quantitative estimate of drug-likeness (QED) is 0.569. The van der Waals surface area contributed by atoms with Crippen LogP contribution in [0.25, 0.3) is 0 Å². The molecule has 0 atom stereocenters. The molecule has 0 aliphatic heterocycles. The normalized spacial score (nSPS) is 11.4. The van der Waals surface area contributed by atoms with E-state index in [2.05, 4.69) is 67.6 Å². The highest BCUT2D eigenvalue weighted by Crippen LogP contribution is 2.27. The van der Waals surface area contributed by atoms with Crippen LogP contribution in [0, 0.1) is 0 Å². The zero-order valence-electron chi connectivity index (χ0n) is 10.9. The molecule has 0 radical (unpaired) electrons. The van der Waals surface area contributed by atoms with E-state index >= 15 is 0 Å². The van der Waals surface area contributed by atoms with E-state index in [1.54, 1.807) is 0 Å². The van der Waals surface area contributed by atoms with Gasteiger partial charge in [-0.25, -0.2) is 0 Å². The van der Waals surface area contributed by atoms with Crippen LogP contribution >= 0.6 is 0 Å². The van der Waals surface area contributed by atoms with Crippen molar-refractivity contribution in [2.45, 2.75) is 18.9 Å². The molecule has 0 saturated heterocycles. The number of hydrogen-bond donors (Lipinski definition) is 0. The summed E-state index contributed by atoms with van der Waals surface area (Å²) in [5.41, 5.74) is 2.80. The highest BCUT2D eigenvalue weighted by atomic mass is 28.2. The van der Waals surface area contributed by atoms with Gasteiger partial charge in [0.15, 0.2) is 9.76 Å². The van der Waals surface area contributed by atoms with Gasteiger partial charge < -0.3 is 4.43 Å². The second-order valence-corrected chi connectivity index (χ2v) is 5.75. The lowest BCUT2D eigenvalue weighted by atomic mass is 9.93. The fraction of sp³-hybridized carbons (Fsp3) is 0.250. The van der Waals surface area contributed by atoms with Gasteiger partial charge in [-0.05, 0) is 24.1 Å². The number of benzene rings is 2. The Morgan fingerprint density at radius 3 is 1.83 bits per heavy atom. The van der Waals surface area contributed by atoms with Crippen LogP contribution in [-0.2, 0) is 4.43 Å². The van der Waals surface area contributed by atoms with E-state index in [1.807, 2.05) is 0 Å². The van der Waals surface area contributed by atoms with E-state index < -0.39 is 9.76 Å². The molecule has 2 heteroatoms. The zero-order chi connectivity index (χ0) is 12.6. The third-order valence-corrected chi connectivity index (χ3v) is 4.67.